The van der Waals surface area contributed by atoms with Crippen LogP contribution in [0.25, 0.3) is 0 Å². The molecule has 1 nitrogen and oxygen atoms in total. The summed E-state index contributed by atoms with van der Waals surface area (Å²) in [5, 5.41) is 9.38. The molecule has 0 aromatic heterocycles. The first kappa shape index (κ1) is 14.1. The molecule has 0 N–H and O–H groups in total. The van der Waals surface area contributed by atoms with E-state index in [1.807, 2.05) is 6.92 Å². The van der Waals surface area contributed by atoms with Gasteiger partial charge < -0.3 is 0 Å². The summed E-state index contributed by atoms with van der Waals surface area (Å²) >= 11 is 0. The van der Waals surface area contributed by atoms with E-state index in [1.165, 1.54) is 22.3 Å². The Balaban J connectivity index is 1.91. The minimum atomic E-state index is -0.308. The second-order valence-electron chi connectivity index (χ2n) is 7.04. The second-order valence-corrected chi connectivity index (χ2v) is 7.04. The molecule has 3 rings (SSSR count). The topological polar surface area (TPSA) is 23.8 Å². The quantitative estimate of drug-likeness (QED) is 0.683. The Morgan fingerprint density at radius 3 is 2.52 bits per heavy atom. The average molecular weight is 277 g/mol. The van der Waals surface area contributed by atoms with Gasteiger partial charge >= 0.3 is 0 Å². The van der Waals surface area contributed by atoms with E-state index in [1.54, 1.807) is 0 Å². The number of nitrogens with zero attached hydrogens (tertiary/aromatic N) is 1. The van der Waals surface area contributed by atoms with Crippen molar-refractivity contribution in [3.05, 3.63) is 58.7 Å². The van der Waals surface area contributed by atoms with Crippen LogP contribution in [0.5, 0.6) is 0 Å². The molecule has 0 bridgehead atoms. The molecule has 3 unspecified atom stereocenters. The van der Waals surface area contributed by atoms with Gasteiger partial charge in [-0.1, -0.05) is 48.9 Å². The molecule has 1 fully saturated rings. The lowest BCUT2D eigenvalue weighted by Gasteiger charge is -2.36. The number of fused-ring (bicyclic) bond motifs is 1. The maximum atomic E-state index is 9.38. The van der Waals surface area contributed by atoms with Gasteiger partial charge in [0.2, 0.25) is 0 Å². The van der Waals surface area contributed by atoms with E-state index in [-0.39, 0.29) is 5.41 Å². The Bertz CT molecular complexity index is 641. The summed E-state index contributed by atoms with van der Waals surface area (Å²) in [5.74, 6) is 1.25. The molecule has 0 amide bonds. The van der Waals surface area contributed by atoms with Gasteiger partial charge in [-0.05, 0) is 61.7 Å². The summed E-state index contributed by atoms with van der Waals surface area (Å²) in [6, 6.07) is 11.4. The molecule has 0 saturated heterocycles. The maximum absolute atomic E-state index is 9.38. The third kappa shape index (κ3) is 2.68. The number of aryl methyl sites for hydroxylation is 1. The number of nitriles is 1. The second kappa shape index (κ2) is 5.19. The lowest BCUT2D eigenvalue weighted by atomic mass is 9.67. The standard InChI is InChI=1S/C20H23N/c1-14-4-6-16(7-5-14)19-11-18-12-20(3,13-21)9-8-17(18)10-15(19)2/h4-8,12,15,19H,9-11H2,1-3H3. The molecule has 108 valence electrons. The normalized spacial score (nSPS) is 31.7. The summed E-state index contributed by atoms with van der Waals surface area (Å²) in [6.07, 6.45) is 7.62. The largest absolute Gasteiger partial charge is 0.197 e. The van der Waals surface area contributed by atoms with E-state index < -0.39 is 0 Å². The van der Waals surface area contributed by atoms with Gasteiger partial charge in [0.15, 0.2) is 0 Å². The van der Waals surface area contributed by atoms with Crippen molar-refractivity contribution in [2.75, 3.05) is 0 Å². The molecule has 0 radical (unpaired) electrons. The molecule has 21 heavy (non-hydrogen) atoms. The van der Waals surface area contributed by atoms with Gasteiger partial charge in [-0.2, -0.15) is 5.26 Å². The first-order valence-electron chi connectivity index (χ1n) is 7.90. The van der Waals surface area contributed by atoms with Crippen LogP contribution in [0.15, 0.2) is 47.6 Å². The molecule has 1 saturated carbocycles. The Morgan fingerprint density at radius 1 is 1.14 bits per heavy atom. The monoisotopic (exact) mass is 277 g/mol. The third-order valence-corrected chi connectivity index (χ3v) is 5.11. The Morgan fingerprint density at radius 2 is 1.86 bits per heavy atom. The highest BCUT2D eigenvalue weighted by Crippen LogP contribution is 2.47. The van der Waals surface area contributed by atoms with Crippen LogP contribution in [-0.4, -0.2) is 0 Å². The zero-order valence-electron chi connectivity index (χ0n) is 13.2. The van der Waals surface area contributed by atoms with Gasteiger partial charge in [-0.15, -0.1) is 0 Å². The zero-order chi connectivity index (χ0) is 15.0. The molecular formula is C20H23N. The van der Waals surface area contributed by atoms with E-state index in [0.717, 1.165) is 19.3 Å². The maximum Gasteiger partial charge on any atom is 0.0765 e. The molecule has 3 atom stereocenters. The van der Waals surface area contributed by atoms with Crippen LogP contribution in [0.1, 0.15) is 50.2 Å². The zero-order valence-corrected chi connectivity index (χ0v) is 13.2. The highest BCUT2D eigenvalue weighted by Gasteiger charge is 2.33. The van der Waals surface area contributed by atoms with Crippen LogP contribution in [0.4, 0.5) is 0 Å². The predicted molar refractivity (Wildman–Crippen MR) is 86.8 cm³/mol. The van der Waals surface area contributed by atoms with Crippen LogP contribution in [0, 0.1) is 29.6 Å². The molecule has 2 aliphatic carbocycles. The number of rotatable bonds is 1. The van der Waals surface area contributed by atoms with Gasteiger partial charge in [-0.25, -0.2) is 0 Å². The molecule has 0 heterocycles. The molecule has 2 aliphatic rings. The average Bonchev–Trinajstić information content (AvgIpc) is 2.48. The fourth-order valence-electron chi connectivity index (χ4n) is 3.67. The summed E-state index contributed by atoms with van der Waals surface area (Å²) < 4.78 is 0. The van der Waals surface area contributed by atoms with Crippen LogP contribution in [0.3, 0.4) is 0 Å². The van der Waals surface area contributed by atoms with Gasteiger partial charge in [0.05, 0.1) is 11.5 Å². The molecule has 0 aliphatic heterocycles. The smallest absolute Gasteiger partial charge is 0.0765 e. The summed E-state index contributed by atoms with van der Waals surface area (Å²) in [4.78, 5) is 0. The van der Waals surface area contributed by atoms with E-state index in [4.69, 9.17) is 0 Å². The summed E-state index contributed by atoms with van der Waals surface area (Å²) in [5.41, 5.74) is 5.35. The predicted octanol–water partition coefficient (Wildman–Crippen LogP) is 5.29. The number of hydrogen-bond donors (Lipinski definition) is 0. The first-order valence-corrected chi connectivity index (χ1v) is 7.90. The van der Waals surface area contributed by atoms with Crippen molar-refractivity contribution in [3.63, 3.8) is 0 Å². The van der Waals surface area contributed by atoms with Crippen LogP contribution in [-0.2, 0) is 0 Å². The van der Waals surface area contributed by atoms with Crippen molar-refractivity contribution in [1.82, 2.24) is 0 Å². The fourth-order valence-corrected chi connectivity index (χ4v) is 3.67. The SMILES string of the molecule is Cc1ccc(C2CC3=CC(C)(C#N)CC=C3CC2C)cc1. The van der Waals surface area contributed by atoms with Crippen molar-refractivity contribution in [2.45, 2.75) is 46.0 Å². The molecule has 1 aromatic rings. The van der Waals surface area contributed by atoms with E-state index >= 15 is 0 Å². The lowest BCUT2D eigenvalue weighted by Crippen LogP contribution is -2.23. The minimum Gasteiger partial charge on any atom is -0.197 e. The van der Waals surface area contributed by atoms with Crippen LogP contribution >= 0.6 is 0 Å². The van der Waals surface area contributed by atoms with Crippen molar-refractivity contribution in [2.24, 2.45) is 11.3 Å². The Kier molecular flexibility index (Phi) is 3.49. The van der Waals surface area contributed by atoms with E-state index in [9.17, 15) is 5.26 Å². The van der Waals surface area contributed by atoms with Crippen molar-refractivity contribution in [1.29, 1.82) is 5.26 Å². The Labute approximate surface area is 128 Å². The van der Waals surface area contributed by atoms with Gasteiger partial charge in [0, 0.05) is 0 Å². The van der Waals surface area contributed by atoms with E-state index in [2.05, 4.69) is 56.3 Å². The summed E-state index contributed by atoms with van der Waals surface area (Å²) in [6.45, 7) is 6.55. The third-order valence-electron chi connectivity index (χ3n) is 5.11. The van der Waals surface area contributed by atoms with Crippen molar-refractivity contribution >= 4 is 0 Å². The molecule has 1 heteroatoms. The van der Waals surface area contributed by atoms with Crippen molar-refractivity contribution in [3.8, 4) is 6.07 Å². The Hall–Kier alpha value is -1.81. The highest BCUT2D eigenvalue weighted by molar-refractivity contribution is 5.43. The van der Waals surface area contributed by atoms with Gasteiger partial charge in [0.25, 0.3) is 0 Å². The van der Waals surface area contributed by atoms with Crippen LogP contribution in [0.2, 0.25) is 0 Å². The molecular weight excluding hydrogens is 254 g/mol. The first-order chi connectivity index (χ1) is 10.0. The molecule has 0 spiro atoms. The van der Waals surface area contributed by atoms with Gasteiger partial charge in [0.1, 0.15) is 0 Å². The highest BCUT2D eigenvalue weighted by atomic mass is 14.4. The molecule has 1 aromatic carbocycles. The lowest BCUT2D eigenvalue weighted by molar-refractivity contribution is 0.412. The number of allylic oxidation sites excluding steroid dienone is 4. The van der Waals surface area contributed by atoms with Crippen molar-refractivity contribution < 1.29 is 0 Å². The number of benzene rings is 1. The minimum absolute atomic E-state index is 0.308. The number of hydrogen-bond acceptors (Lipinski definition) is 1. The van der Waals surface area contributed by atoms with Crippen LogP contribution < -0.4 is 0 Å². The summed E-state index contributed by atoms with van der Waals surface area (Å²) in [7, 11) is 0. The van der Waals surface area contributed by atoms with Gasteiger partial charge in [-0.3, -0.25) is 0 Å². The fraction of sp³-hybridized carbons (Fsp3) is 0.450. The van der Waals surface area contributed by atoms with E-state index in [0.29, 0.717) is 11.8 Å².